The first kappa shape index (κ1) is 17.2. The third-order valence-corrected chi connectivity index (χ3v) is 5.11. The van der Waals surface area contributed by atoms with Crippen LogP contribution in [0.25, 0.3) is 20.9 Å². The summed E-state index contributed by atoms with van der Waals surface area (Å²) in [7, 11) is 1.62. The van der Waals surface area contributed by atoms with Gasteiger partial charge in [0.15, 0.2) is 0 Å². The summed E-state index contributed by atoms with van der Waals surface area (Å²) in [6, 6.07) is 19.0. The lowest BCUT2D eigenvalue weighted by molar-refractivity contribution is -0.115. The van der Waals surface area contributed by atoms with Crippen LogP contribution in [0.3, 0.4) is 0 Å². The van der Waals surface area contributed by atoms with Crippen LogP contribution < -0.4 is 10.1 Å². The number of rotatable bonds is 5. The molecule has 27 heavy (non-hydrogen) atoms. The highest BCUT2D eigenvalue weighted by Crippen LogP contribution is 2.30. The Hall–Kier alpha value is -3.25. The van der Waals surface area contributed by atoms with E-state index in [9.17, 15) is 4.79 Å². The number of aromatic nitrogens is 2. The molecule has 1 amide bonds. The molecule has 134 valence electrons. The van der Waals surface area contributed by atoms with Gasteiger partial charge in [0.2, 0.25) is 5.91 Å². The lowest BCUT2D eigenvalue weighted by atomic mass is 10.1. The Morgan fingerprint density at radius 3 is 2.74 bits per heavy atom. The summed E-state index contributed by atoms with van der Waals surface area (Å²) in [5, 5.41) is 3.84. The molecule has 0 saturated carbocycles. The van der Waals surface area contributed by atoms with Gasteiger partial charge in [-0.05, 0) is 42.0 Å². The van der Waals surface area contributed by atoms with Crippen LogP contribution in [-0.4, -0.2) is 23.0 Å². The number of hydrogen-bond donors (Lipinski definition) is 1. The molecule has 6 heteroatoms. The van der Waals surface area contributed by atoms with Crippen LogP contribution in [0.2, 0.25) is 0 Å². The number of nitrogens with zero attached hydrogens (tertiary/aromatic N) is 2. The normalized spacial score (nSPS) is 10.7. The largest absolute Gasteiger partial charge is 0.497 e. The third kappa shape index (κ3) is 3.96. The molecular formula is C21H17N3O2S. The van der Waals surface area contributed by atoms with E-state index in [1.807, 2.05) is 60.7 Å². The number of pyridine rings is 1. The van der Waals surface area contributed by atoms with Gasteiger partial charge in [-0.15, -0.1) is 0 Å². The van der Waals surface area contributed by atoms with E-state index in [1.54, 1.807) is 13.3 Å². The molecule has 0 aliphatic carbocycles. The van der Waals surface area contributed by atoms with Crippen LogP contribution in [0.1, 0.15) is 5.56 Å². The van der Waals surface area contributed by atoms with Crippen molar-refractivity contribution in [3.05, 3.63) is 72.4 Å². The number of thiazole rings is 1. The molecule has 0 spiro atoms. The van der Waals surface area contributed by atoms with Crippen molar-refractivity contribution in [2.45, 2.75) is 6.42 Å². The Bertz CT molecular complexity index is 1060. The fraction of sp³-hybridized carbons (Fsp3) is 0.0952. The number of carbonyl (C=O) groups is 1. The lowest BCUT2D eigenvalue weighted by Crippen LogP contribution is -2.14. The van der Waals surface area contributed by atoms with Gasteiger partial charge in [-0.2, -0.15) is 0 Å². The summed E-state index contributed by atoms with van der Waals surface area (Å²) in [6.45, 7) is 0. The quantitative estimate of drug-likeness (QED) is 0.556. The third-order valence-electron chi connectivity index (χ3n) is 4.08. The molecule has 2 aromatic heterocycles. The number of nitrogens with one attached hydrogen (secondary N) is 1. The molecule has 0 aliphatic heterocycles. The zero-order valence-electron chi connectivity index (χ0n) is 14.7. The minimum Gasteiger partial charge on any atom is -0.497 e. The van der Waals surface area contributed by atoms with Gasteiger partial charge in [0.25, 0.3) is 0 Å². The predicted octanol–water partition coefficient (Wildman–Crippen LogP) is 4.55. The van der Waals surface area contributed by atoms with Gasteiger partial charge in [-0.1, -0.05) is 35.6 Å². The minimum atomic E-state index is -0.0664. The van der Waals surface area contributed by atoms with Crippen molar-refractivity contribution in [1.82, 2.24) is 9.97 Å². The molecule has 0 fully saturated rings. The first-order chi connectivity index (χ1) is 13.2. The van der Waals surface area contributed by atoms with E-state index in [4.69, 9.17) is 4.74 Å². The SMILES string of the molecule is COc1ccc(CC(=O)Nc2cccc(-c3nc4cccnc4s3)c2)cc1. The van der Waals surface area contributed by atoms with E-state index < -0.39 is 0 Å². The van der Waals surface area contributed by atoms with Crippen LogP contribution in [0.4, 0.5) is 5.69 Å². The van der Waals surface area contributed by atoms with E-state index in [2.05, 4.69) is 15.3 Å². The molecular weight excluding hydrogens is 358 g/mol. The highest BCUT2D eigenvalue weighted by molar-refractivity contribution is 7.21. The number of ether oxygens (including phenoxy) is 1. The summed E-state index contributed by atoms with van der Waals surface area (Å²) in [5.41, 5.74) is 3.52. The molecule has 4 aromatic rings. The van der Waals surface area contributed by atoms with Crippen LogP contribution in [-0.2, 0) is 11.2 Å². The number of carbonyl (C=O) groups excluding carboxylic acids is 1. The number of amides is 1. The predicted molar refractivity (Wildman–Crippen MR) is 108 cm³/mol. The number of benzene rings is 2. The van der Waals surface area contributed by atoms with Gasteiger partial charge < -0.3 is 10.1 Å². The second-order valence-corrected chi connectivity index (χ2v) is 6.98. The van der Waals surface area contributed by atoms with Gasteiger partial charge in [0, 0.05) is 17.4 Å². The van der Waals surface area contributed by atoms with Gasteiger partial charge >= 0.3 is 0 Å². The smallest absolute Gasteiger partial charge is 0.228 e. The van der Waals surface area contributed by atoms with Crippen LogP contribution in [0.15, 0.2) is 66.9 Å². The topological polar surface area (TPSA) is 64.1 Å². The van der Waals surface area contributed by atoms with Gasteiger partial charge in [-0.25, -0.2) is 9.97 Å². The fourth-order valence-electron chi connectivity index (χ4n) is 2.76. The van der Waals surface area contributed by atoms with E-state index in [1.165, 1.54) is 11.3 Å². The molecule has 0 aliphatic rings. The standard InChI is InChI=1S/C21H17N3O2S/c1-26-17-9-7-14(8-10-17)12-19(25)23-16-5-2-4-15(13-16)20-24-18-6-3-11-22-21(18)27-20/h2-11,13H,12H2,1H3,(H,23,25). The second-order valence-electron chi connectivity index (χ2n) is 6.00. The van der Waals surface area contributed by atoms with Crippen LogP contribution in [0, 0.1) is 0 Å². The van der Waals surface area contributed by atoms with Crippen molar-refractivity contribution in [2.24, 2.45) is 0 Å². The second kappa shape index (κ2) is 7.55. The van der Waals surface area contributed by atoms with Gasteiger partial charge in [-0.3, -0.25) is 4.79 Å². The molecule has 1 N–H and O–H groups in total. The van der Waals surface area contributed by atoms with Crippen molar-refractivity contribution in [1.29, 1.82) is 0 Å². The fourth-order valence-corrected chi connectivity index (χ4v) is 3.66. The molecule has 0 atom stereocenters. The molecule has 0 saturated heterocycles. The molecule has 0 unspecified atom stereocenters. The average Bonchev–Trinajstić information content (AvgIpc) is 3.13. The maximum atomic E-state index is 12.4. The van der Waals surface area contributed by atoms with Crippen LogP contribution in [0.5, 0.6) is 5.75 Å². The number of fused-ring (bicyclic) bond motifs is 1. The number of hydrogen-bond acceptors (Lipinski definition) is 5. The minimum absolute atomic E-state index is 0.0664. The number of anilines is 1. The highest BCUT2D eigenvalue weighted by atomic mass is 32.1. The zero-order chi connectivity index (χ0) is 18.6. The first-order valence-electron chi connectivity index (χ1n) is 8.46. The Labute approximate surface area is 160 Å². The summed E-state index contributed by atoms with van der Waals surface area (Å²) in [5.74, 6) is 0.709. The molecule has 2 aromatic carbocycles. The Balaban J connectivity index is 1.49. The Kier molecular flexibility index (Phi) is 4.80. The maximum absolute atomic E-state index is 12.4. The average molecular weight is 375 g/mol. The van der Waals surface area contributed by atoms with Crippen molar-refractivity contribution in [3.8, 4) is 16.3 Å². The van der Waals surface area contributed by atoms with Gasteiger partial charge in [0.1, 0.15) is 21.1 Å². The Morgan fingerprint density at radius 2 is 1.96 bits per heavy atom. The summed E-state index contributed by atoms with van der Waals surface area (Å²) >= 11 is 1.54. The van der Waals surface area contributed by atoms with Crippen molar-refractivity contribution >= 4 is 33.3 Å². The monoisotopic (exact) mass is 375 g/mol. The molecule has 5 nitrogen and oxygen atoms in total. The first-order valence-corrected chi connectivity index (χ1v) is 9.28. The summed E-state index contributed by atoms with van der Waals surface area (Å²) in [4.78, 5) is 22.2. The van der Waals surface area contributed by atoms with Crippen molar-refractivity contribution < 1.29 is 9.53 Å². The van der Waals surface area contributed by atoms with E-state index in [0.717, 1.165) is 37.9 Å². The molecule has 2 heterocycles. The molecule has 0 radical (unpaired) electrons. The summed E-state index contributed by atoms with van der Waals surface area (Å²) < 4.78 is 5.14. The van der Waals surface area contributed by atoms with E-state index >= 15 is 0 Å². The van der Waals surface area contributed by atoms with E-state index in [-0.39, 0.29) is 5.91 Å². The zero-order valence-corrected chi connectivity index (χ0v) is 15.5. The van der Waals surface area contributed by atoms with E-state index in [0.29, 0.717) is 6.42 Å². The molecule has 4 rings (SSSR count). The van der Waals surface area contributed by atoms with Crippen LogP contribution >= 0.6 is 11.3 Å². The molecule has 0 bridgehead atoms. The highest BCUT2D eigenvalue weighted by Gasteiger charge is 2.09. The van der Waals surface area contributed by atoms with Gasteiger partial charge in [0.05, 0.1) is 13.5 Å². The summed E-state index contributed by atoms with van der Waals surface area (Å²) in [6.07, 6.45) is 2.07. The lowest BCUT2D eigenvalue weighted by Gasteiger charge is -2.07. The van der Waals surface area contributed by atoms with Crippen molar-refractivity contribution in [3.63, 3.8) is 0 Å². The van der Waals surface area contributed by atoms with Crippen molar-refractivity contribution in [2.75, 3.05) is 12.4 Å². The maximum Gasteiger partial charge on any atom is 0.228 e. The Morgan fingerprint density at radius 1 is 1.11 bits per heavy atom. The number of methoxy groups -OCH3 is 1.